The van der Waals surface area contributed by atoms with E-state index in [1.165, 1.54) is 18.4 Å². The molecule has 0 aliphatic heterocycles. The molecule has 1 aliphatic carbocycles. The van der Waals surface area contributed by atoms with Gasteiger partial charge in [-0.2, -0.15) is 0 Å². The van der Waals surface area contributed by atoms with Crippen molar-refractivity contribution in [1.82, 2.24) is 16.0 Å². The highest BCUT2D eigenvalue weighted by atomic mass is 127. The van der Waals surface area contributed by atoms with Crippen molar-refractivity contribution in [1.29, 1.82) is 0 Å². The summed E-state index contributed by atoms with van der Waals surface area (Å²) in [7, 11) is 3.28. The van der Waals surface area contributed by atoms with Gasteiger partial charge in [-0.3, -0.25) is 9.79 Å². The summed E-state index contributed by atoms with van der Waals surface area (Å²) in [5, 5.41) is 8.98. The predicted octanol–water partition coefficient (Wildman–Crippen LogP) is 1.83. The number of hydrogen-bond acceptors (Lipinski definition) is 4. The number of guanidine groups is 1. The summed E-state index contributed by atoms with van der Waals surface area (Å²) in [6, 6.07) is 6.20. The summed E-state index contributed by atoms with van der Waals surface area (Å²) in [4.78, 5) is 15.9. The number of hydrogen-bond donors (Lipinski definition) is 3. The Labute approximate surface area is 178 Å². The number of aliphatic imine (C=N–C) groups is 1. The number of halogens is 1. The second kappa shape index (κ2) is 12.8. The molecule has 1 aromatic carbocycles. The molecule has 0 spiro atoms. The number of amides is 1. The SMILES string of the molecule is CN=C(NCC(=O)NCCOC)NCc1ccc(C)cc1OCC1CC1.I. The van der Waals surface area contributed by atoms with Gasteiger partial charge in [0, 0.05) is 32.8 Å². The number of benzene rings is 1. The van der Waals surface area contributed by atoms with Crippen LogP contribution < -0.4 is 20.7 Å². The number of nitrogens with one attached hydrogen (secondary N) is 3. The summed E-state index contributed by atoms with van der Waals surface area (Å²) in [6.07, 6.45) is 2.53. The normalized spacial score (nSPS) is 13.5. The second-order valence-electron chi connectivity index (χ2n) is 6.49. The molecule has 1 amide bonds. The van der Waals surface area contributed by atoms with Gasteiger partial charge in [0.1, 0.15) is 5.75 Å². The first kappa shape index (κ1) is 23.5. The fraction of sp³-hybridized carbons (Fsp3) is 0.579. The molecule has 0 radical (unpaired) electrons. The summed E-state index contributed by atoms with van der Waals surface area (Å²) in [5.41, 5.74) is 2.25. The standard InChI is InChI=1S/C19H30N4O3.HI/c1-14-4-7-16(17(10-14)26-13-15-5-6-15)11-22-19(20-2)23-12-18(24)21-8-9-25-3;/h4,7,10,15H,5-6,8-9,11-13H2,1-3H3,(H,21,24)(H2,20,22,23);1H. The Balaban J connectivity index is 0.00000364. The molecular formula is C19H31IN4O3. The zero-order valence-electron chi connectivity index (χ0n) is 16.3. The van der Waals surface area contributed by atoms with Crippen LogP contribution in [-0.2, 0) is 16.1 Å². The first-order chi connectivity index (χ1) is 12.6. The van der Waals surface area contributed by atoms with E-state index in [9.17, 15) is 4.79 Å². The van der Waals surface area contributed by atoms with Gasteiger partial charge < -0.3 is 25.4 Å². The molecule has 1 fully saturated rings. The maximum atomic E-state index is 11.7. The van der Waals surface area contributed by atoms with Crippen molar-refractivity contribution < 1.29 is 14.3 Å². The molecule has 3 N–H and O–H groups in total. The van der Waals surface area contributed by atoms with Crippen molar-refractivity contribution in [2.24, 2.45) is 10.9 Å². The third kappa shape index (κ3) is 9.28. The number of carbonyl (C=O) groups excluding carboxylic acids is 1. The van der Waals surface area contributed by atoms with Crippen LogP contribution in [0, 0.1) is 12.8 Å². The molecule has 1 aliphatic rings. The Kier molecular flexibility index (Phi) is 11.1. The second-order valence-corrected chi connectivity index (χ2v) is 6.49. The zero-order chi connectivity index (χ0) is 18.8. The average molecular weight is 490 g/mol. The summed E-state index contributed by atoms with van der Waals surface area (Å²) < 4.78 is 10.9. The Morgan fingerprint density at radius 1 is 1.26 bits per heavy atom. The minimum Gasteiger partial charge on any atom is -0.493 e. The van der Waals surface area contributed by atoms with Crippen LogP contribution in [0.25, 0.3) is 0 Å². The molecular weight excluding hydrogens is 459 g/mol. The van der Waals surface area contributed by atoms with Crippen molar-refractivity contribution in [2.45, 2.75) is 26.3 Å². The van der Waals surface area contributed by atoms with Gasteiger partial charge in [-0.05, 0) is 37.3 Å². The summed E-state index contributed by atoms with van der Waals surface area (Å²) in [5.74, 6) is 2.09. The number of aryl methyl sites for hydroxylation is 1. The highest BCUT2D eigenvalue weighted by molar-refractivity contribution is 14.0. The van der Waals surface area contributed by atoms with E-state index in [0.29, 0.717) is 31.6 Å². The van der Waals surface area contributed by atoms with Gasteiger partial charge in [0.25, 0.3) is 0 Å². The third-order valence-corrected chi connectivity index (χ3v) is 4.11. The van der Waals surface area contributed by atoms with E-state index in [1.54, 1.807) is 14.2 Å². The topological polar surface area (TPSA) is 84.0 Å². The third-order valence-electron chi connectivity index (χ3n) is 4.11. The molecule has 152 valence electrons. The van der Waals surface area contributed by atoms with Crippen molar-refractivity contribution in [3.8, 4) is 5.75 Å². The Morgan fingerprint density at radius 2 is 2.04 bits per heavy atom. The lowest BCUT2D eigenvalue weighted by Gasteiger charge is -2.15. The van der Waals surface area contributed by atoms with Crippen LogP contribution in [0.15, 0.2) is 23.2 Å². The van der Waals surface area contributed by atoms with Crippen molar-refractivity contribution in [2.75, 3.05) is 40.5 Å². The molecule has 0 aromatic heterocycles. The maximum Gasteiger partial charge on any atom is 0.239 e. The van der Waals surface area contributed by atoms with E-state index in [1.807, 2.05) is 0 Å². The smallest absolute Gasteiger partial charge is 0.239 e. The lowest BCUT2D eigenvalue weighted by Crippen LogP contribution is -2.43. The number of ether oxygens (including phenoxy) is 2. The van der Waals surface area contributed by atoms with E-state index < -0.39 is 0 Å². The number of nitrogens with zero attached hydrogens (tertiary/aromatic N) is 1. The fourth-order valence-electron chi connectivity index (χ4n) is 2.35. The number of methoxy groups -OCH3 is 1. The number of carbonyl (C=O) groups is 1. The molecule has 1 aromatic rings. The molecule has 1 saturated carbocycles. The van der Waals surface area contributed by atoms with Crippen LogP contribution in [0.4, 0.5) is 0 Å². The van der Waals surface area contributed by atoms with Gasteiger partial charge in [0.05, 0.1) is 19.8 Å². The Bertz CT molecular complexity index is 621. The molecule has 0 bridgehead atoms. The average Bonchev–Trinajstić information content (AvgIpc) is 3.46. The van der Waals surface area contributed by atoms with E-state index in [4.69, 9.17) is 9.47 Å². The van der Waals surface area contributed by atoms with Crippen LogP contribution in [0.5, 0.6) is 5.75 Å². The highest BCUT2D eigenvalue weighted by Crippen LogP contribution is 2.30. The van der Waals surface area contributed by atoms with Crippen LogP contribution in [0.1, 0.15) is 24.0 Å². The van der Waals surface area contributed by atoms with Crippen LogP contribution in [0.3, 0.4) is 0 Å². The van der Waals surface area contributed by atoms with Gasteiger partial charge in [0.15, 0.2) is 5.96 Å². The predicted molar refractivity (Wildman–Crippen MR) is 118 cm³/mol. The maximum absolute atomic E-state index is 11.7. The van der Waals surface area contributed by atoms with E-state index >= 15 is 0 Å². The molecule has 0 unspecified atom stereocenters. The van der Waals surface area contributed by atoms with E-state index in [2.05, 4.69) is 46.1 Å². The van der Waals surface area contributed by atoms with E-state index in [0.717, 1.165) is 17.9 Å². The largest absolute Gasteiger partial charge is 0.493 e. The highest BCUT2D eigenvalue weighted by Gasteiger charge is 2.22. The van der Waals surface area contributed by atoms with Crippen LogP contribution in [-0.4, -0.2) is 52.3 Å². The lowest BCUT2D eigenvalue weighted by atomic mass is 10.1. The monoisotopic (exact) mass is 490 g/mol. The molecule has 0 atom stereocenters. The van der Waals surface area contributed by atoms with Gasteiger partial charge in [-0.25, -0.2) is 0 Å². The minimum atomic E-state index is -0.103. The molecule has 8 heteroatoms. The van der Waals surface area contributed by atoms with Gasteiger partial charge >= 0.3 is 0 Å². The zero-order valence-corrected chi connectivity index (χ0v) is 18.7. The summed E-state index contributed by atoms with van der Waals surface area (Å²) >= 11 is 0. The lowest BCUT2D eigenvalue weighted by molar-refractivity contribution is -0.120. The van der Waals surface area contributed by atoms with Gasteiger partial charge in [-0.15, -0.1) is 24.0 Å². The Morgan fingerprint density at radius 3 is 2.70 bits per heavy atom. The Hall–Kier alpha value is -1.55. The quantitative estimate of drug-likeness (QED) is 0.202. The molecule has 27 heavy (non-hydrogen) atoms. The van der Waals surface area contributed by atoms with Crippen LogP contribution in [0.2, 0.25) is 0 Å². The first-order valence-corrected chi connectivity index (χ1v) is 9.05. The molecule has 7 nitrogen and oxygen atoms in total. The molecule has 0 heterocycles. The number of rotatable bonds is 10. The fourth-order valence-corrected chi connectivity index (χ4v) is 2.35. The van der Waals surface area contributed by atoms with Crippen molar-refractivity contribution in [3.63, 3.8) is 0 Å². The van der Waals surface area contributed by atoms with Crippen molar-refractivity contribution >= 4 is 35.8 Å². The summed E-state index contributed by atoms with van der Waals surface area (Å²) in [6.45, 7) is 4.56. The van der Waals surface area contributed by atoms with E-state index in [-0.39, 0.29) is 36.4 Å². The van der Waals surface area contributed by atoms with Gasteiger partial charge in [-0.1, -0.05) is 12.1 Å². The first-order valence-electron chi connectivity index (χ1n) is 9.05. The van der Waals surface area contributed by atoms with Crippen LogP contribution >= 0.6 is 24.0 Å². The molecule has 0 saturated heterocycles. The van der Waals surface area contributed by atoms with Crippen molar-refractivity contribution in [3.05, 3.63) is 29.3 Å². The minimum absolute atomic E-state index is 0. The van der Waals surface area contributed by atoms with Gasteiger partial charge in [0.2, 0.25) is 5.91 Å². The molecule has 2 rings (SSSR count).